The van der Waals surface area contributed by atoms with Gasteiger partial charge in [-0.25, -0.2) is 0 Å². The molecule has 0 bridgehead atoms. The first-order valence-corrected chi connectivity index (χ1v) is 11.6. The van der Waals surface area contributed by atoms with Crippen molar-refractivity contribution in [3.05, 3.63) is 60.3 Å². The maximum absolute atomic E-state index is 13.0. The van der Waals surface area contributed by atoms with Gasteiger partial charge in [0, 0.05) is 11.6 Å². The number of rotatable bonds is 12. The zero-order chi connectivity index (χ0) is 23.8. The van der Waals surface area contributed by atoms with Crippen LogP contribution in [0.4, 0.5) is 0 Å². The number of carbonyl (C=O) groups is 2. The van der Waals surface area contributed by atoms with Gasteiger partial charge in [0.05, 0.1) is 6.04 Å². The van der Waals surface area contributed by atoms with E-state index in [-0.39, 0.29) is 17.9 Å². The molecule has 2 rings (SSSR count). The van der Waals surface area contributed by atoms with Gasteiger partial charge in [-0.3, -0.25) is 9.59 Å². The van der Waals surface area contributed by atoms with Crippen LogP contribution in [0.3, 0.4) is 0 Å². The van der Waals surface area contributed by atoms with Crippen LogP contribution in [0.25, 0.3) is 10.8 Å². The maximum Gasteiger partial charge on any atom is 0.239 e. The molecule has 0 radical (unpaired) electrons. The lowest BCUT2D eigenvalue weighted by Gasteiger charge is -2.28. The minimum absolute atomic E-state index is 0.0220. The summed E-state index contributed by atoms with van der Waals surface area (Å²) in [5.74, 6) is 0.0475. The molecule has 0 heterocycles. The fraction of sp³-hybridized carbons (Fsp3) is 0.481. The Morgan fingerprint density at radius 2 is 1.47 bits per heavy atom. The Labute approximate surface area is 192 Å². The standard InChI is InChI=1S/C27H39N3O2/c1-17(2)13-24(20(6)29-25(26(28)31)14-18(3)4)30-27(32)19(5)15-21-11-12-22-9-7-8-10-23(22)16-21/h7-12,16-19,24-25,29H,6,13-15H2,1-5H3,(H2,28,31)(H,30,32)/t19?,24-,25?/m0/s1. The molecule has 0 aliphatic carbocycles. The molecule has 0 fully saturated rings. The van der Waals surface area contributed by atoms with Crippen LogP contribution in [0, 0.1) is 17.8 Å². The van der Waals surface area contributed by atoms with Gasteiger partial charge in [-0.15, -0.1) is 0 Å². The first-order valence-electron chi connectivity index (χ1n) is 11.6. The normalized spacial score (nSPS) is 14.2. The van der Waals surface area contributed by atoms with E-state index in [4.69, 9.17) is 5.73 Å². The maximum atomic E-state index is 13.0. The van der Waals surface area contributed by atoms with Gasteiger partial charge in [0.2, 0.25) is 11.8 Å². The highest BCUT2D eigenvalue weighted by atomic mass is 16.2. The lowest BCUT2D eigenvalue weighted by Crippen LogP contribution is -2.48. The summed E-state index contributed by atoms with van der Waals surface area (Å²) < 4.78 is 0. The van der Waals surface area contributed by atoms with Crippen LogP contribution in [-0.4, -0.2) is 23.9 Å². The van der Waals surface area contributed by atoms with Gasteiger partial charge in [0.15, 0.2) is 0 Å². The first kappa shape index (κ1) is 25.4. The summed E-state index contributed by atoms with van der Waals surface area (Å²) >= 11 is 0. The van der Waals surface area contributed by atoms with E-state index in [2.05, 4.69) is 61.4 Å². The highest BCUT2D eigenvalue weighted by molar-refractivity contribution is 5.84. The Kier molecular flexibility index (Phi) is 9.30. The third-order valence-electron chi connectivity index (χ3n) is 5.66. The second-order valence-corrected chi connectivity index (χ2v) is 9.73. The van der Waals surface area contributed by atoms with Crippen molar-refractivity contribution in [1.29, 1.82) is 0 Å². The summed E-state index contributed by atoms with van der Waals surface area (Å²) in [7, 11) is 0. The quantitative estimate of drug-likeness (QED) is 0.455. The molecule has 3 atom stereocenters. The van der Waals surface area contributed by atoms with E-state index in [1.54, 1.807) is 0 Å². The molecule has 174 valence electrons. The Morgan fingerprint density at radius 1 is 0.875 bits per heavy atom. The van der Waals surface area contributed by atoms with Crippen molar-refractivity contribution in [1.82, 2.24) is 10.6 Å². The average Bonchev–Trinajstić information content (AvgIpc) is 2.71. The zero-order valence-corrected chi connectivity index (χ0v) is 20.2. The Balaban J connectivity index is 2.06. The molecule has 32 heavy (non-hydrogen) atoms. The van der Waals surface area contributed by atoms with Crippen molar-refractivity contribution < 1.29 is 9.59 Å². The number of nitrogens with one attached hydrogen (secondary N) is 2. The highest BCUT2D eigenvalue weighted by Crippen LogP contribution is 2.19. The largest absolute Gasteiger partial charge is 0.376 e. The molecule has 0 saturated heterocycles. The lowest BCUT2D eigenvalue weighted by atomic mass is 9.96. The molecular formula is C27H39N3O2. The molecule has 4 N–H and O–H groups in total. The van der Waals surface area contributed by atoms with Gasteiger partial charge >= 0.3 is 0 Å². The van der Waals surface area contributed by atoms with Crippen molar-refractivity contribution in [3.8, 4) is 0 Å². The summed E-state index contributed by atoms with van der Waals surface area (Å²) in [5, 5.41) is 8.70. The van der Waals surface area contributed by atoms with Crippen LogP contribution >= 0.6 is 0 Å². The van der Waals surface area contributed by atoms with Gasteiger partial charge in [0.1, 0.15) is 6.04 Å². The van der Waals surface area contributed by atoms with Gasteiger partial charge < -0.3 is 16.4 Å². The highest BCUT2D eigenvalue weighted by Gasteiger charge is 2.24. The zero-order valence-electron chi connectivity index (χ0n) is 20.2. The predicted octanol–water partition coefficient (Wildman–Crippen LogP) is 4.55. The molecule has 2 aromatic carbocycles. The molecule has 0 aliphatic heterocycles. The Hall–Kier alpha value is -2.82. The molecule has 0 aromatic heterocycles. The van der Waals surface area contributed by atoms with Crippen LogP contribution in [0.2, 0.25) is 0 Å². The fourth-order valence-corrected chi connectivity index (χ4v) is 3.93. The number of nitrogens with two attached hydrogens (primary N) is 1. The van der Waals surface area contributed by atoms with Crippen molar-refractivity contribution in [2.45, 2.75) is 66.0 Å². The smallest absolute Gasteiger partial charge is 0.239 e. The Morgan fingerprint density at radius 3 is 2.06 bits per heavy atom. The summed E-state index contributed by atoms with van der Waals surface area (Å²) in [6.07, 6.45) is 2.00. The first-order chi connectivity index (χ1) is 15.1. The van der Waals surface area contributed by atoms with E-state index in [0.717, 1.165) is 12.0 Å². The van der Waals surface area contributed by atoms with E-state index in [1.807, 2.05) is 32.9 Å². The third kappa shape index (κ3) is 7.70. The number of hydrogen-bond acceptors (Lipinski definition) is 3. The summed E-state index contributed by atoms with van der Waals surface area (Å²) in [6.45, 7) is 14.4. The summed E-state index contributed by atoms with van der Waals surface area (Å²) in [6, 6.07) is 13.8. The van der Waals surface area contributed by atoms with Gasteiger partial charge in [-0.05, 0) is 47.4 Å². The molecule has 5 heteroatoms. The second kappa shape index (κ2) is 11.7. The van der Waals surface area contributed by atoms with Crippen molar-refractivity contribution in [2.75, 3.05) is 0 Å². The number of amides is 2. The molecule has 2 unspecified atom stereocenters. The van der Waals surface area contributed by atoms with E-state index in [0.29, 0.717) is 30.4 Å². The minimum atomic E-state index is -0.496. The van der Waals surface area contributed by atoms with Gasteiger partial charge in [-0.1, -0.05) is 83.7 Å². The SMILES string of the molecule is C=C(NC(CC(C)C)C(N)=O)[C@H](CC(C)C)NC(=O)C(C)Cc1ccc2ccccc2c1. The van der Waals surface area contributed by atoms with Crippen molar-refractivity contribution >= 4 is 22.6 Å². The number of carbonyl (C=O) groups excluding carboxylic acids is 2. The molecule has 0 spiro atoms. The van der Waals surface area contributed by atoms with E-state index in [9.17, 15) is 9.59 Å². The van der Waals surface area contributed by atoms with Crippen LogP contribution in [0.15, 0.2) is 54.7 Å². The van der Waals surface area contributed by atoms with Crippen LogP contribution < -0.4 is 16.4 Å². The number of primary amides is 1. The molecule has 2 aromatic rings. The molecule has 0 saturated carbocycles. The van der Waals surface area contributed by atoms with Crippen molar-refractivity contribution in [3.63, 3.8) is 0 Å². The van der Waals surface area contributed by atoms with Gasteiger partial charge in [0.25, 0.3) is 0 Å². The van der Waals surface area contributed by atoms with E-state index in [1.165, 1.54) is 10.8 Å². The summed E-state index contributed by atoms with van der Waals surface area (Å²) in [5.41, 5.74) is 7.35. The average molecular weight is 438 g/mol. The van der Waals surface area contributed by atoms with Crippen LogP contribution in [-0.2, 0) is 16.0 Å². The van der Waals surface area contributed by atoms with Crippen molar-refractivity contribution in [2.24, 2.45) is 23.5 Å². The molecule has 5 nitrogen and oxygen atoms in total. The molecule has 0 aliphatic rings. The molecule has 2 amide bonds. The number of hydrogen-bond donors (Lipinski definition) is 3. The third-order valence-corrected chi connectivity index (χ3v) is 5.66. The monoisotopic (exact) mass is 437 g/mol. The van der Waals surface area contributed by atoms with E-state index >= 15 is 0 Å². The lowest BCUT2D eigenvalue weighted by molar-refractivity contribution is -0.125. The Bertz CT molecular complexity index is 935. The molecular weight excluding hydrogens is 398 g/mol. The van der Waals surface area contributed by atoms with Crippen LogP contribution in [0.1, 0.15) is 53.0 Å². The van der Waals surface area contributed by atoms with E-state index < -0.39 is 11.9 Å². The fourth-order valence-electron chi connectivity index (χ4n) is 3.93. The number of benzene rings is 2. The topological polar surface area (TPSA) is 84.2 Å². The minimum Gasteiger partial charge on any atom is -0.376 e. The second-order valence-electron chi connectivity index (χ2n) is 9.73. The predicted molar refractivity (Wildman–Crippen MR) is 133 cm³/mol. The van der Waals surface area contributed by atoms with Crippen LogP contribution in [0.5, 0.6) is 0 Å². The summed E-state index contributed by atoms with van der Waals surface area (Å²) in [4.78, 5) is 24.9. The number of fused-ring (bicyclic) bond motifs is 1. The van der Waals surface area contributed by atoms with Gasteiger partial charge in [-0.2, -0.15) is 0 Å².